The highest BCUT2D eigenvalue weighted by molar-refractivity contribution is 7.54. The van der Waals surface area contributed by atoms with E-state index in [9.17, 15) is 4.21 Å². The largest absolute Gasteiger partial charge is 0.399 e. The minimum atomic E-state index is 0.121. The van der Waals surface area contributed by atoms with Crippen molar-refractivity contribution in [2.24, 2.45) is 4.47 Å². The number of nitrogens with two attached hydrogens (primary N) is 1. The molecular weight excluding hydrogens is 224 g/mol. The summed E-state index contributed by atoms with van der Waals surface area (Å²) in [6.07, 6.45) is 0. The average molecular weight is 238 g/mol. The van der Waals surface area contributed by atoms with Gasteiger partial charge in [-0.3, -0.25) is 0 Å². The predicted molar refractivity (Wildman–Crippen MR) is 63.7 cm³/mol. The topological polar surface area (TPSA) is 70.7 Å². The maximum absolute atomic E-state index is 10.5. The summed E-state index contributed by atoms with van der Waals surface area (Å²) in [5.74, 6) is 0. The van der Waals surface area contributed by atoms with Crippen molar-refractivity contribution in [3.63, 3.8) is 0 Å². The summed E-state index contributed by atoms with van der Waals surface area (Å²) in [6, 6.07) is 7.81. The number of hydrogen-bond acceptors (Lipinski definition) is 4. The average Bonchev–Trinajstić information content (AvgIpc) is 2.32. The van der Waals surface area contributed by atoms with Crippen molar-refractivity contribution < 1.29 is 4.21 Å². The predicted octanol–water partition coefficient (Wildman–Crippen LogP) is 0.527. The first kappa shape index (κ1) is 11.3. The number of anilines is 1. The fourth-order valence-electron chi connectivity index (χ4n) is 1.84. The summed E-state index contributed by atoms with van der Waals surface area (Å²) < 4.78 is 14.4. The Balaban J connectivity index is 2.22. The van der Waals surface area contributed by atoms with Crippen molar-refractivity contribution in [1.29, 1.82) is 0 Å². The molecule has 1 aliphatic heterocycles. The lowest BCUT2D eigenvalue weighted by Crippen LogP contribution is -2.43. The SMILES string of the molecule is Nc1ccc(C2CNCCN2N=S=O)cc1. The van der Waals surface area contributed by atoms with Crippen LogP contribution >= 0.6 is 0 Å². The Morgan fingerprint density at radius 2 is 2.19 bits per heavy atom. The normalized spacial score (nSPS) is 21.6. The zero-order valence-corrected chi connectivity index (χ0v) is 9.61. The Bertz CT molecular complexity index is 402. The molecule has 1 aromatic carbocycles. The first-order valence-corrected chi connectivity index (χ1v) is 5.84. The molecule has 5 nitrogen and oxygen atoms in total. The van der Waals surface area contributed by atoms with E-state index in [0.29, 0.717) is 0 Å². The van der Waals surface area contributed by atoms with Gasteiger partial charge in [-0.25, -0.2) is 0 Å². The van der Waals surface area contributed by atoms with E-state index in [-0.39, 0.29) is 17.5 Å². The zero-order valence-electron chi connectivity index (χ0n) is 8.80. The molecule has 1 saturated heterocycles. The van der Waals surface area contributed by atoms with Crippen LogP contribution in [0.4, 0.5) is 5.69 Å². The van der Waals surface area contributed by atoms with Gasteiger partial charge in [0.05, 0.1) is 6.04 Å². The Morgan fingerprint density at radius 1 is 1.44 bits per heavy atom. The molecule has 6 heteroatoms. The maximum atomic E-state index is 10.5. The van der Waals surface area contributed by atoms with E-state index in [4.69, 9.17) is 5.73 Å². The highest BCUT2D eigenvalue weighted by atomic mass is 32.1. The van der Waals surface area contributed by atoms with Crippen LogP contribution in [-0.2, 0) is 11.5 Å². The van der Waals surface area contributed by atoms with Gasteiger partial charge in [0.25, 0.3) is 0 Å². The number of hydrogen-bond donors (Lipinski definition) is 2. The molecule has 1 unspecified atom stereocenters. The van der Waals surface area contributed by atoms with Gasteiger partial charge in [-0.15, -0.1) is 4.47 Å². The number of nitrogen functional groups attached to an aromatic ring is 1. The molecule has 1 aliphatic rings. The Hall–Kier alpha value is -1.24. The van der Waals surface area contributed by atoms with Gasteiger partial charge in [0.1, 0.15) is 0 Å². The lowest BCUT2D eigenvalue weighted by Gasteiger charge is -2.31. The van der Waals surface area contributed by atoms with E-state index < -0.39 is 0 Å². The van der Waals surface area contributed by atoms with Crippen molar-refractivity contribution in [1.82, 2.24) is 10.3 Å². The van der Waals surface area contributed by atoms with E-state index in [2.05, 4.69) is 9.79 Å². The molecular formula is C10H14N4OS. The van der Waals surface area contributed by atoms with Crippen LogP contribution in [0.25, 0.3) is 0 Å². The summed E-state index contributed by atoms with van der Waals surface area (Å²) in [6.45, 7) is 2.41. The fraction of sp³-hybridized carbons (Fsp3) is 0.400. The Labute approximate surface area is 97.8 Å². The number of piperazine rings is 1. The van der Waals surface area contributed by atoms with Crippen LogP contribution in [0.15, 0.2) is 28.7 Å². The molecule has 3 N–H and O–H groups in total. The summed E-state index contributed by atoms with van der Waals surface area (Å²) in [7, 11) is 0. The van der Waals surface area contributed by atoms with Crippen LogP contribution in [0, 0.1) is 0 Å². The fourth-order valence-corrected chi connectivity index (χ4v) is 2.12. The van der Waals surface area contributed by atoms with Crippen molar-refractivity contribution in [3.8, 4) is 0 Å². The lowest BCUT2D eigenvalue weighted by molar-refractivity contribution is 0.173. The first-order chi connectivity index (χ1) is 7.81. The summed E-state index contributed by atoms with van der Waals surface area (Å²) >= 11 is 0.258. The number of rotatable bonds is 2. The molecule has 1 aromatic rings. The number of nitrogens with zero attached hydrogens (tertiary/aromatic N) is 2. The van der Waals surface area contributed by atoms with Gasteiger partial charge in [-0.05, 0) is 17.7 Å². The van der Waals surface area contributed by atoms with Crippen molar-refractivity contribution >= 4 is 17.2 Å². The second-order valence-electron chi connectivity index (χ2n) is 3.71. The molecule has 1 atom stereocenters. The van der Waals surface area contributed by atoms with Gasteiger partial charge >= 0.3 is 0 Å². The second kappa shape index (κ2) is 5.20. The van der Waals surface area contributed by atoms with Crippen molar-refractivity contribution in [2.45, 2.75) is 6.04 Å². The van der Waals surface area contributed by atoms with Crippen LogP contribution < -0.4 is 11.1 Å². The highest BCUT2D eigenvalue weighted by Gasteiger charge is 2.23. The molecule has 0 saturated carbocycles. The smallest absolute Gasteiger partial charge is 0.218 e. The monoisotopic (exact) mass is 238 g/mol. The quantitative estimate of drug-likeness (QED) is 0.737. The third kappa shape index (κ3) is 2.46. The van der Waals surface area contributed by atoms with Gasteiger partial charge in [-0.2, -0.15) is 9.22 Å². The molecule has 0 bridgehead atoms. The molecule has 0 spiro atoms. The Kier molecular flexibility index (Phi) is 3.66. The molecule has 2 rings (SSSR count). The molecule has 1 heterocycles. The third-order valence-electron chi connectivity index (χ3n) is 2.67. The van der Waals surface area contributed by atoms with E-state index in [1.807, 2.05) is 29.3 Å². The zero-order chi connectivity index (χ0) is 11.4. The minimum absolute atomic E-state index is 0.121. The Morgan fingerprint density at radius 3 is 2.88 bits per heavy atom. The van der Waals surface area contributed by atoms with Crippen LogP contribution in [0.1, 0.15) is 11.6 Å². The van der Waals surface area contributed by atoms with Crippen LogP contribution in [0.5, 0.6) is 0 Å². The minimum Gasteiger partial charge on any atom is -0.399 e. The van der Waals surface area contributed by atoms with Gasteiger partial charge in [0.2, 0.25) is 11.5 Å². The molecule has 0 aliphatic carbocycles. The van der Waals surface area contributed by atoms with E-state index >= 15 is 0 Å². The molecule has 0 radical (unpaired) electrons. The van der Waals surface area contributed by atoms with Crippen LogP contribution in [0.2, 0.25) is 0 Å². The highest BCUT2D eigenvalue weighted by Crippen LogP contribution is 2.22. The van der Waals surface area contributed by atoms with Gasteiger partial charge in [-0.1, -0.05) is 12.1 Å². The molecule has 16 heavy (non-hydrogen) atoms. The summed E-state index contributed by atoms with van der Waals surface area (Å²) in [4.78, 5) is 0. The molecule has 86 valence electrons. The second-order valence-corrected chi connectivity index (χ2v) is 4.02. The number of nitrogens with one attached hydrogen (secondary N) is 1. The van der Waals surface area contributed by atoms with Gasteiger partial charge in [0.15, 0.2) is 0 Å². The van der Waals surface area contributed by atoms with Gasteiger partial charge < -0.3 is 11.1 Å². The lowest BCUT2D eigenvalue weighted by atomic mass is 10.0. The van der Waals surface area contributed by atoms with E-state index in [1.54, 1.807) is 0 Å². The van der Waals surface area contributed by atoms with Crippen LogP contribution in [0.3, 0.4) is 0 Å². The van der Waals surface area contributed by atoms with Gasteiger partial charge in [0, 0.05) is 25.3 Å². The van der Waals surface area contributed by atoms with Crippen molar-refractivity contribution in [2.75, 3.05) is 25.4 Å². The standard InChI is InChI=1S/C10H14N4OS/c11-9-3-1-8(2-4-9)10-7-12-5-6-14(10)13-16-15/h1-4,10,12H,5-7,11H2. The molecule has 0 amide bonds. The molecule has 0 aromatic heterocycles. The maximum Gasteiger partial charge on any atom is 0.218 e. The van der Waals surface area contributed by atoms with Crippen LogP contribution in [-0.4, -0.2) is 28.9 Å². The summed E-state index contributed by atoms with van der Waals surface area (Å²) in [5.41, 5.74) is 7.51. The third-order valence-corrected chi connectivity index (χ3v) is 2.95. The first-order valence-electron chi connectivity index (χ1n) is 5.14. The van der Waals surface area contributed by atoms with Crippen molar-refractivity contribution in [3.05, 3.63) is 29.8 Å². The van der Waals surface area contributed by atoms with E-state index in [1.165, 1.54) is 0 Å². The molecule has 1 fully saturated rings. The summed E-state index contributed by atoms with van der Waals surface area (Å²) in [5, 5.41) is 5.13. The van der Waals surface area contributed by atoms with E-state index in [0.717, 1.165) is 30.9 Å². The number of benzene rings is 1.